The molecule has 1 saturated heterocycles. The number of carbonyl (C=O) groups is 2. The van der Waals surface area contributed by atoms with Gasteiger partial charge in [-0.15, -0.1) is 11.3 Å². The van der Waals surface area contributed by atoms with Crippen molar-refractivity contribution in [3.8, 4) is 5.75 Å². The number of likely N-dealkylation sites (tertiary alicyclic amines) is 1. The van der Waals surface area contributed by atoms with Crippen LogP contribution in [0.2, 0.25) is 0 Å². The van der Waals surface area contributed by atoms with Gasteiger partial charge in [0, 0.05) is 31.6 Å². The van der Waals surface area contributed by atoms with E-state index in [0.717, 1.165) is 27.1 Å². The summed E-state index contributed by atoms with van der Waals surface area (Å²) in [5.74, 6) is 0.874. The van der Waals surface area contributed by atoms with E-state index in [0.29, 0.717) is 32.5 Å². The van der Waals surface area contributed by atoms with E-state index in [2.05, 4.69) is 5.32 Å². The average Bonchev–Trinajstić information content (AvgIpc) is 3.47. The van der Waals surface area contributed by atoms with Crippen LogP contribution in [-0.2, 0) is 9.53 Å². The van der Waals surface area contributed by atoms with Crippen LogP contribution in [0.15, 0.2) is 51.8 Å². The molecule has 0 unspecified atom stereocenters. The Morgan fingerprint density at radius 1 is 1.14 bits per heavy atom. The van der Waals surface area contributed by atoms with Crippen molar-refractivity contribution in [2.75, 3.05) is 30.8 Å². The van der Waals surface area contributed by atoms with Gasteiger partial charge in [0.25, 0.3) is 0 Å². The summed E-state index contributed by atoms with van der Waals surface area (Å²) in [6, 6.07) is 11.3. The molecule has 0 bridgehead atoms. The predicted molar refractivity (Wildman–Crippen MR) is 147 cm³/mol. The first-order valence-electron chi connectivity index (χ1n) is 12.0. The minimum atomic E-state index is -0.605. The standard InChI is InChI=1S/C26H32N4O4S2/c1-5-33-19-10-8-18(9-11-19)27-21(31)17-36-23-22(20-7-6-16-35-20)28-26(29-23)12-14-30(15-13-26)24(32)34-25(2,3)4/h6-11,16H,5,12-15,17H2,1-4H3,(H,27,31). The zero-order valence-electron chi connectivity index (χ0n) is 21.1. The van der Waals surface area contributed by atoms with Crippen LogP contribution in [0.3, 0.4) is 0 Å². The van der Waals surface area contributed by atoms with E-state index in [1.165, 1.54) is 11.8 Å². The molecule has 1 spiro atoms. The second kappa shape index (κ2) is 11.0. The first-order valence-corrected chi connectivity index (χ1v) is 13.9. The first-order chi connectivity index (χ1) is 17.2. The normalized spacial score (nSPS) is 16.9. The number of nitrogens with one attached hydrogen (secondary N) is 1. The van der Waals surface area contributed by atoms with Crippen LogP contribution in [0.25, 0.3) is 0 Å². The highest BCUT2D eigenvalue weighted by Gasteiger charge is 2.41. The summed E-state index contributed by atoms with van der Waals surface area (Å²) in [6.07, 6.45) is 0.926. The fourth-order valence-electron chi connectivity index (χ4n) is 3.93. The molecule has 2 amide bonds. The Morgan fingerprint density at radius 2 is 1.86 bits per heavy atom. The van der Waals surface area contributed by atoms with Crippen LogP contribution >= 0.6 is 23.1 Å². The van der Waals surface area contributed by atoms with Crippen molar-refractivity contribution in [2.45, 2.75) is 51.8 Å². The number of amides is 2. The van der Waals surface area contributed by atoms with Gasteiger partial charge in [-0.3, -0.25) is 9.79 Å². The van der Waals surface area contributed by atoms with Crippen molar-refractivity contribution < 1.29 is 19.1 Å². The lowest BCUT2D eigenvalue weighted by molar-refractivity contribution is -0.113. The number of thioether (sulfide) groups is 1. The van der Waals surface area contributed by atoms with Crippen molar-refractivity contribution in [2.24, 2.45) is 9.98 Å². The third kappa shape index (κ3) is 6.67. The molecule has 10 heteroatoms. The second-order valence-corrected chi connectivity index (χ2v) is 11.5. The molecule has 1 N–H and O–H groups in total. The number of ether oxygens (including phenoxy) is 2. The maximum atomic E-state index is 12.7. The second-order valence-electron chi connectivity index (χ2n) is 9.60. The molecule has 3 heterocycles. The molecular formula is C26H32N4O4S2. The Bertz CT molecular complexity index is 1130. The van der Waals surface area contributed by atoms with E-state index < -0.39 is 11.3 Å². The Hall–Kier alpha value is -2.85. The van der Waals surface area contributed by atoms with Gasteiger partial charge in [0.15, 0.2) is 5.66 Å². The van der Waals surface area contributed by atoms with E-state index in [4.69, 9.17) is 19.5 Å². The van der Waals surface area contributed by atoms with E-state index in [9.17, 15) is 9.59 Å². The van der Waals surface area contributed by atoms with E-state index in [1.54, 1.807) is 16.2 Å². The molecule has 1 aromatic heterocycles. The number of nitrogens with zero attached hydrogens (tertiary/aromatic N) is 3. The smallest absolute Gasteiger partial charge is 0.410 e. The third-order valence-corrected chi connectivity index (χ3v) is 7.43. The average molecular weight is 529 g/mol. The number of benzene rings is 1. The minimum Gasteiger partial charge on any atom is -0.494 e. The molecule has 0 radical (unpaired) electrons. The lowest BCUT2D eigenvalue weighted by Crippen LogP contribution is -2.46. The number of hydrogen-bond acceptors (Lipinski definition) is 8. The molecule has 8 nitrogen and oxygen atoms in total. The van der Waals surface area contributed by atoms with Crippen LogP contribution in [0.5, 0.6) is 5.75 Å². The van der Waals surface area contributed by atoms with E-state index >= 15 is 0 Å². The van der Waals surface area contributed by atoms with Crippen molar-refractivity contribution in [1.29, 1.82) is 0 Å². The van der Waals surface area contributed by atoms with Crippen molar-refractivity contribution in [3.63, 3.8) is 0 Å². The summed E-state index contributed by atoms with van der Waals surface area (Å²) in [4.78, 5) is 37.9. The molecular weight excluding hydrogens is 496 g/mol. The molecule has 0 saturated carbocycles. The zero-order valence-corrected chi connectivity index (χ0v) is 22.7. The van der Waals surface area contributed by atoms with Crippen LogP contribution in [0.4, 0.5) is 10.5 Å². The van der Waals surface area contributed by atoms with Gasteiger partial charge in [0.2, 0.25) is 5.91 Å². The highest BCUT2D eigenvalue weighted by Crippen LogP contribution is 2.36. The Kier molecular flexibility index (Phi) is 8.04. The molecule has 0 aliphatic carbocycles. The van der Waals surface area contributed by atoms with Crippen molar-refractivity contribution in [3.05, 3.63) is 46.7 Å². The van der Waals surface area contributed by atoms with E-state index in [-0.39, 0.29) is 17.8 Å². The number of thiophene rings is 1. The highest BCUT2D eigenvalue weighted by atomic mass is 32.2. The zero-order chi connectivity index (χ0) is 25.8. The van der Waals surface area contributed by atoms with Gasteiger partial charge in [-0.2, -0.15) is 0 Å². The summed E-state index contributed by atoms with van der Waals surface area (Å²) in [5.41, 5.74) is 0.411. The predicted octanol–water partition coefficient (Wildman–Crippen LogP) is 5.45. The number of piperidine rings is 1. The van der Waals surface area contributed by atoms with Crippen molar-refractivity contribution >= 4 is 51.5 Å². The Balaban J connectivity index is 1.40. The molecule has 192 valence electrons. The van der Waals surface area contributed by atoms with Crippen LogP contribution in [-0.4, -0.2) is 64.4 Å². The highest BCUT2D eigenvalue weighted by molar-refractivity contribution is 8.16. The van der Waals surface area contributed by atoms with Gasteiger partial charge < -0.3 is 19.7 Å². The number of carbonyl (C=O) groups excluding carboxylic acids is 2. The van der Waals surface area contributed by atoms with E-state index in [1.807, 2.05) is 69.5 Å². The maximum Gasteiger partial charge on any atom is 0.410 e. The summed E-state index contributed by atoms with van der Waals surface area (Å²) in [6.45, 7) is 9.17. The topological polar surface area (TPSA) is 92.6 Å². The van der Waals surface area contributed by atoms with Gasteiger partial charge in [-0.25, -0.2) is 9.79 Å². The lowest BCUT2D eigenvalue weighted by atomic mass is 9.99. The van der Waals surface area contributed by atoms with Gasteiger partial charge >= 0.3 is 6.09 Å². The van der Waals surface area contributed by atoms with Gasteiger partial charge in [-0.05, 0) is 63.4 Å². The van der Waals surface area contributed by atoms with Gasteiger partial charge in [0.05, 0.1) is 17.2 Å². The SMILES string of the molecule is CCOc1ccc(NC(=O)CSC2=NC3(CCN(C(=O)OC(C)(C)C)CC3)N=C2c2cccs2)cc1. The Morgan fingerprint density at radius 3 is 2.47 bits per heavy atom. The summed E-state index contributed by atoms with van der Waals surface area (Å²) in [7, 11) is 0. The fraction of sp³-hybridized carbons (Fsp3) is 0.462. The largest absolute Gasteiger partial charge is 0.494 e. The van der Waals surface area contributed by atoms with Crippen LogP contribution < -0.4 is 10.1 Å². The minimum absolute atomic E-state index is 0.113. The molecule has 1 aromatic carbocycles. The van der Waals surface area contributed by atoms with Crippen LogP contribution in [0.1, 0.15) is 45.4 Å². The number of rotatable bonds is 6. The number of aliphatic imine (C=N–C) groups is 2. The third-order valence-electron chi connectivity index (χ3n) is 5.59. The molecule has 2 aliphatic rings. The van der Waals surface area contributed by atoms with Crippen molar-refractivity contribution in [1.82, 2.24) is 4.90 Å². The van der Waals surface area contributed by atoms with Gasteiger partial charge in [0.1, 0.15) is 22.1 Å². The lowest BCUT2D eigenvalue weighted by Gasteiger charge is -2.36. The number of hydrogen-bond donors (Lipinski definition) is 1. The molecule has 0 atom stereocenters. The molecule has 1 fully saturated rings. The quantitative estimate of drug-likeness (QED) is 0.538. The summed E-state index contributed by atoms with van der Waals surface area (Å²) < 4.78 is 11.0. The molecule has 4 rings (SSSR count). The number of anilines is 1. The first kappa shape index (κ1) is 26.2. The molecule has 36 heavy (non-hydrogen) atoms. The molecule has 2 aliphatic heterocycles. The Labute approximate surface area is 220 Å². The summed E-state index contributed by atoms with van der Waals surface area (Å²) in [5, 5.41) is 5.70. The monoisotopic (exact) mass is 528 g/mol. The van der Waals surface area contributed by atoms with Gasteiger partial charge in [-0.1, -0.05) is 17.8 Å². The fourth-order valence-corrected chi connectivity index (χ4v) is 5.57. The van der Waals surface area contributed by atoms with Crippen LogP contribution in [0, 0.1) is 0 Å². The summed E-state index contributed by atoms with van der Waals surface area (Å²) >= 11 is 3.00. The molecule has 2 aromatic rings. The maximum absolute atomic E-state index is 12.7.